The first-order chi connectivity index (χ1) is 8.42. The van der Waals surface area contributed by atoms with Gasteiger partial charge in [-0.3, -0.25) is 9.36 Å². The second kappa shape index (κ2) is 6.53. The van der Waals surface area contributed by atoms with Gasteiger partial charge in [-0.2, -0.15) is 0 Å². The normalized spacial score (nSPS) is 13.7. The maximum absolute atomic E-state index is 12.0. The molecule has 0 aliphatic heterocycles. The van der Waals surface area contributed by atoms with Crippen LogP contribution < -0.4 is 5.30 Å². The van der Waals surface area contributed by atoms with Crippen molar-refractivity contribution in [1.82, 2.24) is 0 Å². The zero-order valence-corrected chi connectivity index (χ0v) is 11.2. The van der Waals surface area contributed by atoms with Crippen molar-refractivity contribution >= 4 is 18.6 Å². The van der Waals surface area contributed by atoms with E-state index < -0.39 is 13.3 Å². The number of ether oxygens (including phenoxy) is 1. The molecule has 0 aromatic heterocycles. The largest absolute Gasteiger partial charge is 0.461 e. The topological polar surface area (TPSA) is 63.6 Å². The highest BCUT2D eigenvalue weighted by atomic mass is 31.2. The summed E-state index contributed by atoms with van der Waals surface area (Å²) in [6.07, 6.45) is -0.179. The van der Waals surface area contributed by atoms with E-state index >= 15 is 0 Å². The van der Waals surface area contributed by atoms with E-state index in [1.54, 1.807) is 37.3 Å². The van der Waals surface area contributed by atoms with Crippen LogP contribution in [0.1, 0.15) is 13.3 Å². The quantitative estimate of drug-likeness (QED) is 0.487. The minimum absolute atomic E-state index is 0.0735. The summed E-state index contributed by atoms with van der Waals surface area (Å²) >= 11 is 0. The van der Waals surface area contributed by atoms with Crippen LogP contribution in [-0.4, -0.2) is 23.6 Å². The highest BCUT2D eigenvalue weighted by Crippen LogP contribution is 2.39. The molecule has 0 fully saturated rings. The Labute approximate surface area is 107 Å². The van der Waals surface area contributed by atoms with E-state index in [1.165, 1.54) is 0 Å². The monoisotopic (exact) mass is 268 g/mol. The molecular weight excluding hydrogens is 251 g/mol. The Morgan fingerprint density at radius 3 is 2.56 bits per heavy atom. The summed E-state index contributed by atoms with van der Waals surface area (Å²) in [6.45, 7) is 5.50. The van der Waals surface area contributed by atoms with Crippen molar-refractivity contribution < 1.29 is 19.0 Å². The molecule has 0 radical (unpaired) electrons. The standard InChI is InChI=1S/C13H17O4P/c1-11(2)10-17-13(14)8-9-18(15,16)12-6-4-3-5-7-12/h3-7H,1,8-10H2,2H3,(H,15,16). The summed E-state index contributed by atoms with van der Waals surface area (Å²) in [4.78, 5) is 21.2. The summed E-state index contributed by atoms with van der Waals surface area (Å²) in [5.41, 5.74) is 0.735. The first kappa shape index (κ1) is 14.7. The van der Waals surface area contributed by atoms with Gasteiger partial charge in [0.2, 0.25) is 7.37 Å². The van der Waals surface area contributed by atoms with Gasteiger partial charge in [0.05, 0.1) is 6.42 Å². The van der Waals surface area contributed by atoms with Crippen LogP contribution in [0.2, 0.25) is 0 Å². The minimum Gasteiger partial charge on any atom is -0.461 e. The summed E-state index contributed by atoms with van der Waals surface area (Å²) in [7, 11) is -3.47. The van der Waals surface area contributed by atoms with Crippen LogP contribution in [-0.2, 0) is 14.1 Å². The SMILES string of the molecule is C=C(C)COC(=O)CCP(=O)(O)c1ccccc1. The molecule has 98 valence electrons. The van der Waals surface area contributed by atoms with Crippen LogP contribution in [0.5, 0.6) is 0 Å². The molecule has 1 atom stereocenters. The van der Waals surface area contributed by atoms with Crippen molar-refractivity contribution in [3.05, 3.63) is 42.5 Å². The Morgan fingerprint density at radius 1 is 1.39 bits per heavy atom. The smallest absolute Gasteiger partial charge is 0.306 e. The molecule has 1 aromatic rings. The van der Waals surface area contributed by atoms with Crippen LogP contribution in [0.15, 0.2) is 42.5 Å². The number of hydrogen-bond donors (Lipinski definition) is 1. The van der Waals surface area contributed by atoms with E-state index in [0.29, 0.717) is 5.30 Å². The highest BCUT2D eigenvalue weighted by molar-refractivity contribution is 7.66. The molecule has 0 amide bonds. The summed E-state index contributed by atoms with van der Waals surface area (Å²) in [5, 5.41) is 0.359. The van der Waals surface area contributed by atoms with Crippen molar-refractivity contribution in [2.45, 2.75) is 13.3 Å². The van der Waals surface area contributed by atoms with E-state index in [4.69, 9.17) is 4.74 Å². The van der Waals surface area contributed by atoms with Gasteiger partial charge in [-0.25, -0.2) is 0 Å². The van der Waals surface area contributed by atoms with Crippen molar-refractivity contribution in [3.63, 3.8) is 0 Å². The Bertz CT molecular complexity index is 467. The van der Waals surface area contributed by atoms with Gasteiger partial charge >= 0.3 is 5.97 Å². The second-order valence-electron chi connectivity index (χ2n) is 4.13. The molecule has 1 N–H and O–H groups in total. The number of carbonyl (C=O) groups excluding carboxylic acids is 1. The average Bonchev–Trinajstić information content (AvgIpc) is 2.35. The molecule has 1 unspecified atom stereocenters. The molecule has 0 bridgehead atoms. The van der Waals surface area contributed by atoms with Crippen LogP contribution in [0.25, 0.3) is 0 Å². The van der Waals surface area contributed by atoms with Gasteiger partial charge in [-0.05, 0) is 24.6 Å². The van der Waals surface area contributed by atoms with Gasteiger partial charge in [-0.1, -0.05) is 24.8 Å². The third-order valence-electron chi connectivity index (χ3n) is 2.26. The lowest BCUT2D eigenvalue weighted by Gasteiger charge is -2.11. The lowest BCUT2D eigenvalue weighted by Crippen LogP contribution is -2.12. The van der Waals surface area contributed by atoms with E-state index in [-0.39, 0.29) is 19.2 Å². The minimum atomic E-state index is -3.47. The lowest BCUT2D eigenvalue weighted by atomic mass is 10.4. The average molecular weight is 268 g/mol. The van der Waals surface area contributed by atoms with Crippen molar-refractivity contribution in [1.29, 1.82) is 0 Å². The maximum atomic E-state index is 12.0. The molecule has 0 spiro atoms. The fraction of sp³-hybridized carbons (Fsp3) is 0.308. The Kier molecular flexibility index (Phi) is 5.32. The fourth-order valence-corrected chi connectivity index (χ4v) is 2.69. The summed E-state index contributed by atoms with van der Waals surface area (Å²) in [6, 6.07) is 8.32. The third kappa shape index (κ3) is 4.86. The van der Waals surface area contributed by atoms with Crippen LogP contribution in [0.3, 0.4) is 0 Å². The van der Waals surface area contributed by atoms with Crippen LogP contribution >= 0.6 is 7.37 Å². The van der Waals surface area contributed by atoms with Gasteiger partial charge in [0.25, 0.3) is 0 Å². The van der Waals surface area contributed by atoms with Crippen LogP contribution in [0.4, 0.5) is 0 Å². The molecular formula is C13H17O4P. The third-order valence-corrected chi connectivity index (χ3v) is 4.19. The fourth-order valence-electron chi connectivity index (χ4n) is 1.31. The first-order valence-electron chi connectivity index (χ1n) is 5.59. The molecule has 0 aliphatic rings. The molecule has 18 heavy (non-hydrogen) atoms. The van der Waals surface area contributed by atoms with Crippen molar-refractivity contribution in [3.8, 4) is 0 Å². The lowest BCUT2D eigenvalue weighted by molar-refractivity contribution is -0.142. The number of hydrogen-bond acceptors (Lipinski definition) is 3. The number of esters is 1. The zero-order chi connectivity index (χ0) is 13.6. The van der Waals surface area contributed by atoms with Crippen molar-refractivity contribution in [2.75, 3.05) is 12.8 Å². The highest BCUT2D eigenvalue weighted by Gasteiger charge is 2.22. The van der Waals surface area contributed by atoms with E-state index in [9.17, 15) is 14.3 Å². The molecule has 0 aliphatic carbocycles. The predicted octanol–water partition coefficient (Wildman–Crippen LogP) is 2.09. The molecule has 5 heteroatoms. The summed E-state index contributed by atoms with van der Waals surface area (Å²) in [5.74, 6) is -0.483. The first-order valence-corrected chi connectivity index (χ1v) is 7.44. The second-order valence-corrected chi connectivity index (χ2v) is 6.50. The van der Waals surface area contributed by atoms with E-state index in [1.807, 2.05) is 0 Å². The predicted molar refractivity (Wildman–Crippen MR) is 71.2 cm³/mol. The Morgan fingerprint density at radius 2 is 2.00 bits per heavy atom. The summed E-state index contributed by atoms with van der Waals surface area (Å²) < 4.78 is 16.9. The maximum Gasteiger partial charge on any atom is 0.306 e. The van der Waals surface area contributed by atoms with Gasteiger partial charge < -0.3 is 9.63 Å². The molecule has 0 heterocycles. The van der Waals surface area contributed by atoms with Gasteiger partial charge in [0.1, 0.15) is 6.61 Å². The molecule has 0 saturated carbocycles. The molecule has 1 aromatic carbocycles. The number of carbonyl (C=O) groups is 1. The van der Waals surface area contributed by atoms with E-state index in [0.717, 1.165) is 5.57 Å². The Balaban J connectivity index is 2.50. The van der Waals surface area contributed by atoms with Gasteiger partial charge in [-0.15, -0.1) is 0 Å². The van der Waals surface area contributed by atoms with Crippen LogP contribution in [0, 0.1) is 0 Å². The zero-order valence-electron chi connectivity index (χ0n) is 10.3. The number of rotatable bonds is 6. The Hall–Kier alpha value is -1.38. The number of benzene rings is 1. The molecule has 0 saturated heterocycles. The molecule has 4 nitrogen and oxygen atoms in total. The van der Waals surface area contributed by atoms with Gasteiger partial charge in [0.15, 0.2) is 0 Å². The van der Waals surface area contributed by atoms with Gasteiger partial charge in [0, 0.05) is 11.5 Å². The molecule has 1 rings (SSSR count). The van der Waals surface area contributed by atoms with Crippen molar-refractivity contribution in [2.24, 2.45) is 0 Å². The van der Waals surface area contributed by atoms with E-state index in [2.05, 4.69) is 6.58 Å².